The average molecular weight is 527 g/mol. The normalized spacial score (nSPS) is 21.0. The molecule has 0 spiro atoms. The first kappa shape index (κ1) is 26.9. The highest BCUT2D eigenvalue weighted by Gasteiger charge is 2.26. The van der Waals surface area contributed by atoms with E-state index in [9.17, 15) is 9.90 Å². The molecule has 38 heavy (non-hydrogen) atoms. The number of oxazole rings is 1. The van der Waals surface area contributed by atoms with Crippen LogP contribution in [0.5, 0.6) is 5.75 Å². The number of nitrogens with zero attached hydrogens (tertiary/aromatic N) is 6. The Bertz CT molecular complexity index is 1030. The molecule has 10 nitrogen and oxygen atoms in total. The summed E-state index contributed by atoms with van der Waals surface area (Å²) in [5.74, 6) is 1.35. The van der Waals surface area contributed by atoms with Crippen LogP contribution < -0.4 is 9.64 Å². The number of carbonyl (C=O) groups is 1. The maximum atomic E-state index is 13.1. The zero-order valence-electron chi connectivity index (χ0n) is 22.6. The van der Waals surface area contributed by atoms with Gasteiger partial charge in [0.25, 0.3) is 5.91 Å². The van der Waals surface area contributed by atoms with Gasteiger partial charge in [-0.2, -0.15) is 0 Å². The van der Waals surface area contributed by atoms with Gasteiger partial charge in [0.1, 0.15) is 12.0 Å². The molecule has 1 N–H and O–H groups in total. The number of ether oxygens (including phenoxy) is 1. The Kier molecular flexibility index (Phi) is 9.16. The topological polar surface area (TPSA) is 88.8 Å². The maximum absolute atomic E-state index is 13.1. The molecule has 3 saturated heterocycles. The number of piperazine rings is 2. The Morgan fingerprint density at radius 1 is 0.947 bits per heavy atom. The molecule has 3 fully saturated rings. The standard InChI is InChI=1S/C28H42N6O4/c1-37-25-7-5-6-23(18-25)33-14-16-34(17-15-33)28(36)26-22-38-27(29-26)21-32-12-10-31(11-13-32)20-24(35)19-30-8-3-2-4-9-30/h5-7,18,22,24,35H,2-4,8-17,19-21H2,1H3/t24-/m1/s1. The van der Waals surface area contributed by atoms with Gasteiger partial charge < -0.3 is 29.0 Å². The average Bonchev–Trinajstić information content (AvgIpc) is 3.43. The van der Waals surface area contributed by atoms with Crippen LogP contribution in [0.1, 0.15) is 35.6 Å². The van der Waals surface area contributed by atoms with Crippen LogP contribution in [0, 0.1) is 0 Å². The van der Waals surface area contributed by atoms with Crippen molar-refractivity contribution in [3.63, 3.8) is 0 Å². The van der Waals surface area contributed by atoms with Gasteiger partial charge in [-0.15, -0.1) is 0 Å². The molecule has 0 unspecified atom stereocenters. The van der Waals surface area contributed by atoms with E-state index in [1.807, 2.05) is 23.1 Å². The third kappa shape index (κ3) is 7.05. The van der Waals surface area contributed by atoms with Gasteiger partial charge in [0.05, 0.1) is 19.8 Å². The lowest BCUT2D eigenvalue weighted by Crippen LogP contribution is -2.50. The Hall–Kier alpha value is -2.66. The van der Waals surface area contributed by atoms with Gasteiger partial charge in [-0.05, 0) is 38.1 Å². The zero-order chi connectivity index (χ0) is 26.3. The lowest BCUT2D eigenvalue weighted by atomic mass is 10.1. The molecule has 10 heteroatoms. The van der Waals surface area contributed by atoms with E-state index < -0.39 is 0 Å². The monoisotopic (exact) mass is 526 g/mol. The van der Waals surface area contributed by atoms with Crippen LogP contribution in [-0.4, -0.2) is 127 Å². The molecule has 208 valence electrons. The summed E-state index contributed by atoms with van der Waals surface area (Å²) in [6, 6.07) is 8.02. The third-order valence-electron chi connectivity index (χ3n) is 7.97. The largest absolute Gasteiger partial charge is 0.497 e. The summed E-state index contributed by atoms with van der Waals surface area (Å²) in [6.07, 6.45) is 5.02. The maximum Gasteiger partial charge on any atom is 0.275 e. The lowest BCUT2D eigenvalue weighted by molar-refractivity contribution is 0.0434. The minimum absolute atomic E-state index is 0.0715. The van der Waals surface area contributed by atoms with Gasteiger partial charge in [0, 0.05) is 77.2 Å². The number of amides is 1. The van der Waals surface area contributed by atoms with Crippen LogP contribution >= 0.6 is 0 Å². The SMILES string of the molecule is COc1cccc(N2CCN(C(=O)c3coc(CN4CCN(C[C@H](O)CN5CCCCC5)CC4)n3)CC2)c1. The Morgan fingerprint density at radius 2 is 1.63 bits per heavy atom. The number of rotatable bonds is 9. The van der Waals surface area contributed by atoms with Gasteiger partial charge >= 0.3 is 0 Å². The predicted molar refractivity (Wildman–Crippen MR) is 146 cm³/mol. The molecule has 1 amide bonds. The number of piperidine rings is 1. The second-order valence-corrected chi connectivity index (χ2v) is 10.7. The van der Waals surface area contributed by atoms with Gasteiger partial charge in [0.15, 0.2) is 5.69 Å². The number of likely N-dealkylation sites (tertiary alicyclic amines) is 1. The van der Waals surface area contributed by atoms with E-state index in [-0.39, 0.29) is 12.0 Å². The van der Waals surface area contributed by atoms with Crippen molar-refractivity contribution in [1.29, 1.82) is 0 Å². The van der Waals surface area contributed by atoms with Gasteiger partial charge in [-0.1, -0.05) is 12.5 Å². The van der Waals surface area contributed by atoms with E-state index in [0.29, 0.717) is 31.2 Å². The molecule has 3 aliphatic rings. The first-order valence-corrected chi connectivity index (χ1v) is 14.1. The Morgan fingerprint density at radius 3 is 2.34 bits per heavy atom. The lowest BCUT2D eigenvalue weighted by Gasteiger charge is -2.36. The smallest absolute Gasteiger partial charge is 0.275 e. The number of aliphatic hydroxyl groups is 1. The molecule has 1 aromatic carbocycles. The van der Waals surface area contributed by atoms with Crippen LogP contribution in [-0.2, 0) is 6.54 Å². The molecule has 0 radical (unpaired) electrons. The minimum Gasteiger partial charge on any atom is -0.497 e. The number of hydrogen-bond donors (Lipinski definition) is 1. The highest BCUT2D eigenvalue weighted by molar-refractivity contribution is 5.92. The number of aliphatic hydroxyl groups excluding tert-OH is 1. The molecule has 3 aliphatic heterocycles. The van der Waals surface area contributed by atoms with Crippen LogP contribution in [0.3, 0.4) is 0 Å². The number of hydrogen-bond acceptors (Lipinski definition) is 9. The van der Waals surface area contributed by atoms with E-state index in [1.54, 1.807) is 7.11 Å². The zero-order valence-corrected chi connectivity index (χ0v) is 22.6. The number of methoxy groups -OCH3 is 1. The number of β-amino-alcohol motifs (C(OH)–C–C–N with tert-alkyl or cyclic N) is 1. The summed E-state index contributed by atoms with van der Waals surface area (Å²) in [7, 11) is 1.67. The summed E-state index contributed by atoms with van der Waals surface area (Å²) in [5, 5.41) is 10.5. The fraction of sp³-hybridized carbons (Fsp3) is 0.643. The van der Waals surface area contributed by atoms with Crippen LogP contribution in [0.15, 0.2) is 34.9 Å². The van der Waals surface area contributed by atoms with E-state index >= 15 is 0 Å². The summed E-state index contributed by atoms with van der Waals surface area (Å²) < 4.78 is 11.0. The first-order chi connectivity index (χ1) is 18.6. The molecule has 4 heterocycles. The van der Waals surface area contributed by atoms with Crippen molar-refractivity contribution in [2.24, 2.45) is 0 Å². The second kappa shape index (κ2) is 12.9. The molecule has 1 aromatic heterocycles. The summed E-state index contributed by atoms with van der Waals surface area (Å²) in [4.78, 5) is 28.8. The van der Waals surface area contributed by atoms with Crippen molar-refractivity contribution >= 4 is 11.6 Å². The van der Waals surface area contributed by atoms with Gasteiger partial charge in [0.2, 0.25) is 5.89 Å². The van der Waals surface area contributed by atoms with Gasteiger partial charge in [-0.3, -0.25) is 14.6 Å². The van der Waals surface area contributed by atoms with Crippen molar-refractivity contribution < 1.29 is 19.1 Å². The Balaban J connectivity index is 1.03. The quantitative estimate of drug-likeness (QED) is 0.524. The predicted octanol–water partition coefficient (Wildman–Crippen LogP) is 1.61. The highest BCUT2D eigenvalue weighted by Crippen LogP contribution is 2.22. The highest BCUT2D eigenvalue weighted by atomic mass is 16.5. The van der Waals surface area contributed by atoms with E-state index in [1.165, 1.54) is 25.5 Å². The molecular formula is C28H42N6O4. The van der Waals surface area contributed by atoms with Crippen molar-refractivity contribution in [2.75, 3.05) is 90.5 Å². The van der Waals surface area contributed by atoms with Crippen molar-refractivity contribution in [1.82, 2.24) is 24.6 Å². The third-order valence-corrected chi connectivity index (χ3v) is 7.97. The van der Waals surface area contributed by atoms with Crippen LogP contribution in [0.4, 0.5) is 5.69 Å². The van der Waals surface area contributed by atoms with E-state index in [2.05, 4.69) is 30.6 Å². The number of carbonyl (C=O) groups excluding carboxylic acids is 1. The minimum atomic E-state index is -0.294. The Labute approximate surface area is 225 Å². The second-order valence-electron chi connectivity index (χ2n) is 10.7. The van der Waals surface area contributed by atoms with E-state index in [4.69, 9.17) is 9.15 Å². The summed E-state index contributed by atoms with van der Waals surface area (Å²) >= 11 is 0. The van der Waals surface area contributed by atoms with Crippen molar-refractivity contribution in [2.45, 2.75) is 31.9 Å². The molecular weight excluding hydrogens is 484 g/mol. The molecule has 1 atom stereocenters. The summed E-state index contributed by atoms with van der Waals surface area (Å²) in [6.45, 7) is 10.8. The van der Waals surface area contributed by atoms with Crippen molar-refractivity contribution in [3.05, 3.63) is 42.1 Å². The van der Waals surface area contributed by atoms with Gasteiger partial charge in [-0.25, -0.2) is 4.98 Å². The molecule has 0 saturated carbocycles. The molecule has 0 aliphatic carbocycles. The van der Waals surface area contributed by atoms with Crippen LogP contribution in [0.2, 0.25) is 0 Å². The van der Waals surface area contributed by atoms with Crippen molar-refractivity contribution in [3.8, 4) is 5.75 Å². The molecule has 2 aromatic rings. The van der Waals surface area contributed by atoms with Crippen LogP contribution in [0.25, 0.3) is 0 Å². The molecule has 5 rings (SSSR count). The molecule has 0 bridgehead atoms. The summed E-state index contributed by atoms with van der Waals surface area (Å²) in [5.41, 5.74) is 1.49. The number of benzene rings is 1. The fourth-order valence-corrected chi connectivity index (χ4v) is 5.74. The number of anilines is 1. The fourth-order valence-electron chi connectivity index (χ4n) is 5.74. The first-order valence-electron chi connectivity index (χ1n) is 14.1. The van der Waals surface area contributed by atoms with E-state index in [0.717, 1.165) is 76.9 Å². The number of aromatic nitrogens is 1.